The zero-order valence-electron chi connectivity index (χ0n) is 22.2. The van der Waals surface area contributed by atoms with E-state index >= 15 is 0 Å². The molecule has 3 aliphatic heterocycles. The third kappa shape index (κ3) is 7.35. The molecule has 3 unspecified atom stereocenters. The minimum atomic E-state index is -0.934. The molecule has 4 rings (SSSR count). The Balaban J connectivity index is 0.000000220. The van der Waals surface area contributed by atoms with E-state index in [4.69, 9.17) is 26.2 Å². The standard InChI is InChI=1S/C18H28O3S.C9H12ClNO3S/c1-3-4-5-6-7-8-11-22(19)15(2)12-16-9-10-17-18(13-16)21-14-20-17;1-9(2)5(8(13)14)11-6(12)4(3-10)7(11)15-9/h9-10,13,15H,3-8,11-12,14H2,1-2H3;4-5,7H,3H2,1-2H3,(H,13,14)/t;4?,5-,7+/m.0/s1. The Hall–Kier alpha value is -1.45. The molecule has 1 aromatic carbocycles. The lowest BCUT2D eigenvalue weighted by Gasteiger charge is -2.42. The Labute approximate surface area is 232 Å². The summed E-state index contributed by atoms with van der Waals surface area (Å²) in [6.45, 7) is 8.32. The molecule has 2 fully saturated rings. The lowest BCUT2D eigenvalue weighted by atomic mass is 9.93. The Morgan fingerprint density at radius 3 is 2.57 bits per heavy atom. The lowest BCUT2D eigenvalue weighted by molar-refractivity contribution is -0.162. The van der Waals surface area contributed by atoms with Crippen molar-refractivity contribution in [3.05, 3.63) is 23.8 Å². The number of thioether (sulfide) groups is 1. The summed E-state index contributed by atoms with van der Waals surface area (Å²) in [6, 6.07) is 5.29. The van der Waals surface area contributed by atoms with Gasteiger partial charge in [0.1, 0.15) is 6.04 Å². The van der Waals surface area contributed by atoms with Crippen LogP contribution in [0.1, 0.15) is 71.8 Å². The van der Waals surface area contributed by atoms with Crippen LogP contribution in [0.5, 0.6) is 11.5 Å². The van der Waals surface area contributed by atoms with Gasteiger partial charge in [0, 0.05) is 32.4 Å². The predicted molar refractivity (Wildman–Crippen MR) is 150 cm³/mol. The molecule has 5 atom stereocenters. The summed E-state index contributed by atoms with van der Waals surface area (Å²) < 4.78 is 22.6. The molecule has 0 spiro atoms. The lowest BCUT2D eigenvalue weighted by Crippen LogP contribution is -2.63. The Morgan fingerprint density at radius 2 is 1.89 bits per heavy atom. The molecule has 1 amide bonds. The fourth-order valence-electron chi connectivity index (χ4n) is 4.95. The minimum absolute atomic E-state index is 0.0499. The molecule has 0 aliphatic carbocycles. The maximum Gasteiger partial charge on any atom is 0.327 e. The summed E-state index contributed by atoms with van der Waals surface area (Å²) in [7, 11) is -0.743. The van der Waals surface area contributed by atoms with E-state index in [2.05, 4.69) is 13.8 Å². The highest BCUT2D eigenvalue weighted by molar-refractivity contribution is 8.01. The van der Waals surface area contributed by atoms with Gasteiger partial charge in [0.2, 0.25) is 12.7 Å². The van der Waals surface area contributed by atoms with Crippen molar-refractivity contribution in [2.24, 2.45) is 5.92 Å². The van der Waals surface area contributed by atoms with Gasteiger partial charge in [-0.25, -0.2) is 4.79 Å². The quantitative estimate of drug-likeness (QED) is 0.202. The molecule has 7 nitrogen and oxygen atoms in total. The number of rotatable bonds is 12. The number of ether oxygens (including phenoxy) is 2. The SMILES string of the molecule is CC1(C)S[C@@H]2C(CCl)C(=O)N2[C@H]1C(=O)O.CCCCCCCCS(=O)C(C)Cc1ccc2c(c1)OCO2. The highest BCUT2D eigenvalue weighted by Gasteiger charge is 2.63. The van der Waals surface area contributed by atoms with Crippen LogP contribution in [0.3, 0.4) is 0 Å². The summed E-state index contributed by atoms with van der Waals surface area (Å²) in [5.74, 6) is 1.46. The highest BCUT2D eigenvalue weighted by atomic mass is 35.5. The number of nitrogens with zero attached hydrogens (tertiary/aromatic N) is 1. The number of carboxylic acids is 1. The van der Waals surface area contributed by atoms with E-state index in [1.165, 1.54) is 54.3 Å². The van der Waals surface area contributed by atoms with Crippen molar-refractivity contribution in [2.45, 2.75) is 94.1 Å². The molecule has 0 aromatic heterocycles. The first kappa shape index (κ1) is 30.1. The van der Waals surface area contributed by atoms with Crippen LogP contribution in [0.4, 0.5) is 0 Å². The molecular weight excluding hydrogens is 534 g/mol. The number of aliphatic carboxylic acids is 1. The van der Waals surface area contributed by atoms with Gasteiger partial charge in [0.05, 0.1) is 11.3 Å². The van der Waals surface area contributed by atoms with Crippen LogP contribution in [0.25, 0.3) is 0 Å². The third-order valence-corrected chi connectivity index (χ3v) is 10.8. The molecule has 10 heteroatoms. The Kier molecular flexibility index (Phi) is 11.0. The van der Waals surface area contributed by atoms with Gasteiger partial charge in [-0.05, 0) is 44.4 Å². The third-order valence-electron chi connectivity index (χ3n) is 7.06. The minimum Gasteiger partial charge on any atom is -0.480 e. The molecule has 208 valence electrons. The van der Waals surface area contributed by atoms with Crippen molar-refractivity contribution in [3.8, 4) is 11.5 Å². The monoisotopic (exact) mass is 573 g/mol. The summed E-state index contributed by atoms with van der Waals surface area (Å²) in [4.78, 5) is 24.2. The molecule has 3 aliphatic rings. The van der Waals surface area contributed by atoms with Crippen molar-refractivity contribution in [2.75, 3.05) is 18.4 Å². The first-order chi connectivity index (χ1) is 17.6. The largest absolute Gasteiger partial charge is 0.480 e. The molecule has 3 heterocycles. The fourth-order valence-corrected chi connectivity index (χ4v) is 8.31. The van der Waals surface area contributed by atoms with Gasteiger partial charge in [0.25, 0.3) is 0 Å². The van der Waals surface area contributed by atoms with E-state index in [-0.39, 0.29) is 28.3 Å². The van der Waals surface area contributed by atoms with Gasteiger partial charge in [0.15, 0.2) is 11.5 Å². The van der Waals surface area contributed by atoms with Crippen molar-refractivity contribution >= 4 is 46.0 Å². The van der Waals surface area contributed by atoms with Gasteiger partial charge in [-0.15, -0.1) is 23.4 Å². The van der Waals surface area contributed by atoms with Crippen LogP contribution < -0.4 is 9.47 Å². The number of carboxylic acid groups (broad SMARTS) is 1. The first-order valence-electron chi connectivity index (χ1n) is 13.1. The summed E-state index contributed by atoms with van der Waals surface area (Å²) in [5.41, 5.74) is 1.17. The molecule has 0 bridgehead atoms. The second kappa shape index (κ2) is 13.6. The smallest absolute Gasteiger partial charge is 0.327 e. The van der Waals surface area contributed by atoms with E-state index in [9.17, 15) is 13.8 Å². The number of unbranched alkanes of at least 4 members (excludes halogenated alkanes) is 5. The number of amides is 1. The number of carbonyl (C=O) groups excluding carboxylic acids is 1. The Bertz CT molecular complexity index is 974. The topological polar surface area (TPSA) is 93.1 Å². The van der Waals surface area contributed by atoms with Crippen LogP contribution in [-0.4, -0.2) is 65.9 Å². The average molecular weight is 574 g/mol. The number of benzene rings is 1. The predicted octanol–water partition coefficient (Wildman–Crippen LogP) is 5.44. The highest BCUT2D eigenvalue weighted by Crippen LogP contribution is 2.53. The fraction of sp³-hybridized carbons (Fsp3) is 0.704. The molecule has 1 aromatic rings. The summed E-state index contributed by atoms with van der Waals surface area (Å²) >= 11 is 7.21. The second-order valence-corrected chi connectivity index (χ2v) is 14.5. The molecule has 1 N–H and O–H groups in total. The van der Waals surface area contributed by atoms with Crippen LogP contribution in [0.15, 0.2) is 18.2 Å². The second-order valence-electron chi connectivity index (χ2n) is 10.4. The van der Waals surface area contributed by atoms with Crippen LogP contribution >= 0.6 is 23.4 Å². The van der Waals surface area contributed by atoms with Gasteiger partial charge in [-0.2, -0.15) is 0 Å². The normalized spacial score (nSPS) is 24.5. The van der Waals surface area contributed by atoms with E-state index in [0.29, 0.717) is 6.79 Å². The zero-order valence-corrected chi connectivity index (χ0v) is 24.6. The van der Waals surface area contributed by atoms with Crippen LogP contribution in [0, 0.1) is 5.92 Å². The van der Waals surface area contributed by atoms with E-state index in [1.807, 2.05) is 32.0 Å². The number of β-lactam (4-membered cyclic amide) rings is 1. The van der Waals surface area contributed by atoms with Gasteiger partial charge < -0.3 is 19.5 Å². The van der Waals surface area contributed by atoms with E-state index < -0.39 is 27.6 Å². The number of hydrogen-bond acceptors (Lipinski definition) is 6. The first-order valence-corrected chi connectivity index (χ1v) is 15.9. The molecule has 2 saturated heterocycles. The summed E-state index contributed by atoms with van der Waals surface area (Å²) in [5, 5.41) is 9.25. The average Bonchev–Trinajstić information content (AvgIpc) is 3.41. The van der Waals surface area contributed by atoms with E-state index in [1.54, 1.807) is 0 Å². The molecule has 0 radical (unpaired) electrons. The number of halogens is 1. The van der Waals surface area contributed by atoms with Gasteiger partial charge in [-0.3, -0.25) is 9.00 Å². The molecule has 37 heavy (non-hydrogen) atoms. The van der Waals surface area contributed by atoms with Crippen LogP contribution in [-0.2, 0) is 26.8 Å². The van der Waals surface area contributed by atoms with Crippen molar-refractivity contribution in [1.82, 2.24) is 4.90 Å². The molecule has 0 saturated carbocycles. The number of alkyl halides is 1. The Morgan fingerprint density at radius 1 is 1.22 bits per heavy atom. The summed E-state index contributed by atoms with van der Waals surface area (Å²) in [6.07, 6.45) is 8.32. The molecular formula is C27H40ClNO6S2. The van der Waals surface area contributed by atoms with E-state index in [0.717, 1.165) is 30.1 Å². The van der Waals surface area contributed by atoms with Crippen molar-refractivity contribution < 1.29 is 28.4 Å². The van der Waals surface area contributed by atoms with Crippen molar-refractivity contribution in [3.63, 3.8) is 0 Å². The van der Waals surface area contributed by atoms with Crippen LogP contribution in [0.2, 0.25) is 0 Å². The maximum atomic E-state index is 12.3. The number of fused-ring (bicyclic) bond motifs is 2. The zero-order chi connectivity index (χ0) is 27.2. The van der Waals surface area contributed by atoms with Gasteiger partial charge in [-0.1, -0.05) is 52.0 Å². The number of hydrogen-bond donors (Lipinski definition) is 1. The number of carbonyl (C=O) groups is 2. The van der Waals surface area contributed by atoms with Gasteiger partial charge >= 0.3 is 5.97 Å². The maximum absolute atomic E-state index is 12.3. The van der Waals surface area contributed by atoms with Crippen molar-refractivity contribution in [1.29, 1.82) is 0 Å².